The fraction of sp³-hybridized carbons (Fsp3) is 0.455. The molecule has 6 heteroatoms. The van der Waals surface area contributed by atoms with Gasteiger partial charge in [-0.05, 0) is 18.2 Å². The first-order valence-electron chi connectivity index (χ1n) is 5.13. The summed E-state index contributed by atoms with van der Waals surface area (Å²) in [5, 5.41) is 3.67. The van der Waals surface area contributed by atoms with Crippen LogP contribution in [0.5, 0.6) is 5.75 Å². The highest BCUT2D eigenvalue weighted by molar-refractivity contribution is 7.90. The first-order valence-corrected chi connectivity index (χ1v) is 7.57. The number of ether oxygens (including phenoxy) is 1. The van der Waals surface area contributed by atoms with Crippen LogP contribution in [-0.2, 0) is 16.4 Å². The first-order chi connectivity index (χ1) is 7.92. The predicted octanol–water partition coefficient (Wildman–Crippen LogP) is 1.48. The summed E-state index contributed by atoms with van der Waals surface area (Å²) >= 11 is 5.88. The Bertz CT molecular complexity index is 474. The van der Waals surface area contributed by atoms with Gasteiger partial charge in [-0.3, -0.25) is 0 Å². The Balaban J connectivity index is 2.54. The first kappa shape index (κ1) is 14.3. The number of hydrogen-bond donors (Lipinski definition) is 1. The number of benzene rings is 1. The minimum absolute atomic E-state index is 0.121. The molecule has 1 aromatic rings. The average molecular weight is 278 g/mol. The van der Waals surface area contributed by atoms with Gasteiger partial charge in [0.05, 0.1) is 12.9 Å². The summed E-state index contributed by atoms with van der Waals surface area (Å²) in [5.41, 5.74) is 0.911. The zero-order valence-electron chi connectivity index (χ0n) is 9.86. The molecule has 0 saturated heterocycles. The Hall–Kier alpha value is -0.780. The summed E-state index contributed by atoms with van der Waals surface area (Å²) in [4.78, 5) is 0. The molecule has 0 aromatic heterocycles. The van der Waals surface area contributed by atoms with E-state index in [9.17, 15) is 8.42 Å². The van der Waals surface area contributed by atoms with E-state index in [1.165, 1.54) is 6.26 Å². The van der Waals surface area contributed by atoms with Gasteiger partial charge < -0.3 is 10.1 Å². The Morgan fingerprint density at radius 3 is 2.71 bits per heavy atom. The Morgan fingerprint density at radius 2 is 2.12 bits per heavy atom. The van der Waals surface area contributed by atoms with Crippen molar-refractivity contribution in [1.82, 2.24) is 5.32 Å². The lowest BCUT2D eigenvalue weighted by Gasteiger charge is -2.09. The van der Waals surface area contributed by atoms with Crippen molar-refractivity contribution in [2.24, 2.45) is 0 Å². The zero-order chi connectivity index (χ0) is 12.9. The van der Waals surface area contributed by atoms with Gasteiger partial charge in [0, 0.05) is 29.9 Å². The molecule has 96 valence electrons. The van der Waals surface area contributed by atoms with Crippen molar-refractivity contribution >= 4 is 21.4 Å². The number of sulfone groups is 1. The summed E-state index contributed by atoms with van der Waals surface area (Å²) in [7, 11) is -1.34. The van der Waals surface area contributed by atoms with Gasteiger partial charge in [-0.15, -0.1) is 0 Å². The van der Waals surface area contributed by atoms with Crippen LogP contribution in [0, 0.1) is 0 Å². The summed E-state index contributed by atoms with van der Waals surface area (Å²) in [6.45, 7) is 0.938. The maximum Gasteiger partial charge on any atom is 0.148 e. The molecule has 1 aromatic carbocycles. The molecule has 0 aliphatic heterocycles. The molecule has 0 amide bonds. The van der Waals surface area contributed by atoms with Crippen LogP contribution in [0.2, 0.25) is 5.02 Å². The lowest BCUT2D eigenvalue weighted by atomic mass is 10.2. The summed E-state index contributed by atoms with van der Waals surface area (Å²) in [5.74, 6) is 0.858. The van der Waals surface area contributed by atoms with E-state index in [2.05, 4.69) is 5.32 Å². The molecule has 0 spiro atoms. The Kier molecular flexibility index (Phi) is 5.24. The molecular weight excluding hydrogens is 262 g/mol. The van der Waals surface area contributed by atoms with E-state index in [1.807, 2.05) is 0 Å². The second-order valence-corrected chi connectivity index (χ2v) is 6.46. The van der Waals surface area contributed by atoms with Crippen LogP contribution in [-0.4, -0.2) is 34.1 Å². The maximum atomic E-state index is 10.9. The summed E-state index contributed by atoms with van der Waals surface area (Å²) < 4.78 is 27.0. The quantitative estimate of drug-likeness (QED) is 0.801. The minimum Gasteiger partial charge on any atom is -0.496 e. The highest BCUT2D eigenvalue weighted by Crippen LogP contribution is 2.22. The summed E-state index contributed by atoms with van der Waals surface area (Å²) in [6.07, 6.45) is 1.22. The minimum atomic E-state index is -2.92. The molecule has 0 heterocycles. The van der Waals surface area contributed by atoms with Crippen LogP contribution in [0.1, 0.15) is 5.56 Å². The second-order valence-electron chi connectivity index (χ2n) is 3.76. The third-order valence-electron chi connectivity index (χ3n) is 2.21. The molecule has 0 unspecified atom stereocenters. The van der Waals surface area contributed by atoms with Gasteiger partial charge in [0.15, 0.2) is 0 Å². The van der Waals surface area contributed by atoms with Gasteiger partial charge in [0.2, 0.25) is 0 Å². The van der Waals surface area contributed by atoms with Crippen LogP contribution < -0.4 is 10.1 Å². The molecule has 1 rings (SSSR count). The summed E-state index contributed by atoms with van der Waals surface area (Å²) in [6, 6.07) is 5.34. The SMILES string of the molecule is COc1ccc(Cl)cc1CNCCS(C)(=O)=O. The molecule has 0 fully saturated rings. The number of methoxy groups -OCH3 is 1. The van der Waals surface area contributed by atoms with Crippen molar-refractivity contribution < 1.29 is 13.2 Å². The van der Waals surface area contributed by atoms with Gasteiger partial charge in [-0.25, -0.2) is 8.42 Å². The number of nitrogens with one attached hydrogen (secondary N) is 1. The van der Waals surface area contributed by atoms with Gasteiger partial charge in [-0.1, -0.05) is 11.6 Å². The van der Waals surface area contributed by atoms with E-state index in [-0.39, 0.29) is 5.75 Å². The van der Waals surface area contributed by atoms with Crippen molar-refractivity contribution in [1.29, 1.82) is 0 Å². The van der Waals surface area contributed by atoms with E-state index in [1.54, 1.807) is 25.3 Å². The highest BCUT2D eigenvalue weighted by Gasteiger charge is 2.05. The molecule has 17 heavy (non-hydrogen) atoms. The van der Waals surface area contributed by atoms with Gasteiger partial charge in [0.1, 0.15) is 15.6 Å². The largest absolute Gasteiger partial charge is 0.496 e. The van der Waals surface area contributed by atoms with E-state index < -0.39 is 9.84 Å². The zero-order valence-corrected chi connectivity index (χ0v) is 11.4. The van der Waals surface area contributed by atoms with E-state index >= 15 is 0 Å². The fourth-order valence-corrected chi connectivity index (χ4v) is 2.08. The van der Waals surface area contributed by atoms with Crippen LogP contribution >= 0.6 is 11.6 Å². The molecule has 0 bridgehead atoms. The molecule has 4 nitrogen and oxygen atoms in total. The van der Waals surface area contributed by atoms with Gasteiger partial charge >= 0.3 is 0 Å². The molecule has 0 aliphatic carbocycles. The van der Waals surface area contributed by atoms with Crippen LogP contribution in [0.25, 0.3) is 0 Å². The van der Waals surface area contributed by atoms with E-state index in [0.717, 1.165) is 11.3 Å². The van der Waals surface area contributed by atoms with Crippen molar-refractivity contribution in [3.8, 4) is 5.75 Å². The molecule has 0 aliphatic rings. The van der Waals surface area contributed by atoms with Crippen molar-refractivity contribution in [2.45, 2.75) is 6.54 Å². The monoisotopic (exact) mass is 277 g/mol. The van der Waals surface area contributed by atoms with Crippen LogP contribution in [0.15, 0.2) is 18.2 Å². The topological polar surface area (TPSA) is 55.4 Å². The average Bonchev–Trinajstić information content (AvgIpc) is 2.23. The maximum absolute atomic E-state index is 10.9. The van der Waals surface area contributed by atoms with E-state index in [0.29, 0.717) is 18.1 Å². The van der Waals surface area contributed by atoms with Gasteiger partial charge in [-0.2, -0.15) is 0 Å². The molecule has 1 N–H and O–H groups in total. The highest BCUT2D eigenvalue weighted by atomic mass is 35.5. The predicted molar refractivity (Wildman–Crippen MR) is 69.4 cm³/mol. The van der Waals surface area contributed by atoms with Crippen molar-refractivity contribution in [3.63, 3.8) is 0 Å². The lowest BCUT2D eigenvalue weighted by molar-refractivity contribution is 0.408. The smallest absolute Gasteiger partial charge is 0.148 e. The Morgan fingerprint density at radius 1 is 1.41 bits per heavy atom. The van der Waals surface area contributed by atoms with Crippen LogP contribution in [0.4, 0.5) is 0 Å². The molecule has 0 saturated carbocycles. The number of halogens is 1. The van der Waals surface area contributed by atoms with Gasteiger partial charge in [0.25, 0.3) is 0 Å². The van der Waals surface area contributed by atoms with Crippen molar-refractivity contribution in [3.05, 3.63) is 28.8 Å². The second kappa shape index (κ2) is 6.23. The van der Waals surface area contributed by atoms with Crippen molar-refractivity contribution in [2.75, 3.05) is 25.7 Å². The van der Waals surface area contributed by atoms with E-state index in [4.69, 9.17) is 16.3 Å². The molecule has 0 atom stereocenters. The van der Waals surface area contributed by atoms with Crippen LogP contribution in [0.3, 0.4) is 0 Å². The number of hydrogen-bond acceptors (Lipinski definition) is 4. The third kappa shape index (κ3) is 5.39. The number of rotatable bonds is 6. The lowest BCUT2D eigenvalue weighted by Crippen LogP contribution is -2.22. The standard InChI is InChI=1S/C11H16ClNO3S/c1-16-11-4-3-10(12)7-9(11)8-13-5-6-17(2,14)15/h3-4,7,13H,5-6,8H2,1-2H3. The molecular formula is C11H16ClNO3S. The Labute approximate surface area is 107 Å². The normalized spacial score (nSPS) is 11.5. The third-order valence-corrected chi connectivity index (χ3v) is 3.39. The fourth-order valence-electron chi connectivity index (χ4n) is 1.37. The molecule has 0 radical (unpaired) electrons.